The van der Waals surface area contributed by atoms with Crippen LogP contribution in [-0.4, -0.2) is 16.9 Å². The standard InChI is InChI=1S/C21H21ClF3N3O2/c1-12-7-8-17(15(9-12)13-5-3-2-4-6-13)27-20(30)28-19(29)18-16(22)10-14(11-26-18)21(23,24)25/h7-11,13H,2-6H2,1H3,(H2,27,28,29,30). The zero-order chi connectivity index (χ0) is 21.9. The number of nitrogens with one attached hydrogen (secondary N) is 2. The van der Waals surface area contributed by atoms with Gasteiger partial charge in [-0.1, -0.05) is 48.6 Å². The summed E-state index contributed by atoms with van der Waals surface area (Å²) in [5.74, 6) is -0.659. The second kappa shape index (κ2) is 9.04. The average molecular weight is 440 g/mol. The predicted molar refractivity (Wildman–Crippen MR) is 108 cm³/mol. The highest BCUT2D eigenvalue weighted by atomic mass is 35.5. The maximum absolute atomic E-state index is 12.7. The molecular weight excluding hydrogens is 419 g/mol. The fourth-order valence-corrected chi connectivity index (χ4v) is 3.88. The number of hydrogen-bond donors (Lipinski definition) is 2. The van der Waals surface area contributed by atoms with E-state index in [2.05, 4.69) is 15.6 Å². The molecule has 1 aliphatic carbocycles. The second-order valence-corrected chi connectivity index (χ2v) is 7.79. The van der Waals surface area contributed by atoms with Crippen molar-refractivity contribution in [2.75, 3.05) is 5.32 Å². The first-order valence-electron chi connectivity index (χ1n) is 9.61. The number of pyridine rings is 1. The van der Waals surface area contributed by atoms with Crippen LogP contribution in [0.2, 0.25) is 5.02 Å². The number of urea groups is 1. The van der Waals surface area contributed by atoms with E-state index >= 15 is 0 Å². The molecule has 1 aliphatic rings. The average Bonchev–Trinajstić information content (AvgIpc) is 2.69. The summed E-state index contributed by atoms with van der Waals surface area (Å²) in [4.78, 5) is 28.1. The smallest absolute Gasteiger partial charge is 0.307 e. The second-order valence-electron chi connectivity index (χ2n) is 7.39. The summed E-state index contributed by atoms with van der Waals surface area (Å²) in [6, 6.07) is 5.47. The van der Waals surface area contributed by atoms with Crippen LogP contribution in [-0.2, 0) is 6.18 Å². The number of amides is 3. The summed E-state index contributed by atoms with van der Waals surface area (Å²) in [5.41, 5.74) is 1.15. The van der Waals surface area contributed by atoms with E-state index in [0.29, 0.717) is 23.9 Å². The van der Waals surface area contributed by atoms with Crippen molar-refractivity contribution in [2.24, 2.45) is 0 Å². The van der Waals surface area contributed by atoms with Crippen LogP contribution in [0, 0.1) is 6.92 Å². The normalized spacial score (nSPS) is 15.0. The lowest BCUT2D eigenvalue weighted by Crippen LogP contribution is -2.35. The Morgan fingerprint density at radius 3 is 2.47 bits per heavy atom. The van der Waals surface area contributed by atoms with Gasteiger partial charge in [0.1, 0.15) is 5.69 Å². The van der Waals surface area contributed by atoms with E-state index in [4.69, 9.17) is 11.6 Å². The molecule has 1 saturated carbocycles. The SMILES string of the molecule is Cc1ccc(NC(=O)NC(=O)c2ncc(C(F)(F)F)cc2Cl)c(C2CCCCC2)c1. The van der Waals surface area contributed by atoms with Crippen LogP contribution in [0.4, 0.5) is 23.7 Å². The number of hydrogen-bond acceptors (Lipinski definition) is 3. The van der Waals surface area contributed by atoms with Gasteiger partial charge in [0, 0.05) is 11.9 Å². The number of alkyl halides is 3. The number of anilines is 1. The van der Waals surface area contributed by atoms with Gasteiger partial charge < -0.3 is 5.32 Å². The zero-order valence-electron chi connectivity index (χ0n) is 16.3. The van der Waals surface area contributed by atoms with Crippen molar-refractivity contribution >= 4 is 29.2 Å². The van der Waals surface area contributed by atoms with Gasteiger partial charge in [-0.25, -0.2) is 9.78 Å². The maximum atomic E-state index is 12.7. The van der Waals surface area contributed by atoms with E-state index in [9.17, 15) is 22.8 Å². The fourth-order valence-electron chi connectivity index (χ4n) is 3.62. The maximum Gasteiger partial charge on any atom is 0.417 e. The Labute approximate surface area is 177 Å². The Kier molecular flexibility index (Phi) is 6.65. The van der Waals surface area contributed by atoms with Crippen LogP contribution >= 0.6 is 11.6 Å². The molecule has 0 spiro atoms. The minimum atomic E-state index is -4.63. The largest absolute Gasteiger partial charge is 0.417 e. The number of halogens is 4. The summed E-state index contributed by atoms with van der Waals surface area (Å²) in [6.45, 7) is 1.97. The number of benzene rings is 1. The first kappa shape index (κ1) is 22.1. The van der Waals surface area contributed by atoms with Gasteiger partial charge in [0.15, 0.2) is 0 Å². The summed E-state index contributed by atoms with van der Waals surface area (Å²) in [5, 5.41) is 4.25. The molecule has 160 valence electrons. The highest BCUT2D eigenvalue weighted by Gasteiger charge is 2.32. The molecule has 1 fully saturated rings. The minimum absolute atomic E-state index is 0.329. The molecule has 0 bridgehead atoms. The van der Waals surface area contributed by atoms with Crippen LogP contribution in [0.3, 0.4) is 0 Å². The highest BCUT2D eigenvalue weighted by Crippen LogP contribution is 2.37. The Morgan fingerprint density at radius 2 is 1.83 bits per heavy atom. The lowest BCUT2D eigenvalue weighted by molar-refractivity contribution is -0.137. The molecule has 1 aromatic carbocycles. The predicted octanol–water partition coefficient (Wildman–Crippen LogP) is 6.07. The molecule has 1 heterocycles. The number of aromatic nitrogens is 1. The Balaban J connectivity index is 1.72. The van der Waals surface area contributed by atoms with Crippen molar-refractivity contribution in [1.82, 2.24) is 10.3 Å². The first-order valence-corrected chi connectivity index (χ1v) is 9.98. The monoisotopic (exact) mass is 439 g/mol. The summed E-state index contributed by atoms with van der Waals surface area (Å²) in [7, 11) is 0. The van der Waals surface area contributed by atoms with Gasteiger partial charge in [-0.15, -0.1) is 0 Å². The third-order valence-electron chi connectivity index (χ3n) is 5.11. The topological polar surface area (TPSA) is 71.1 Å². The van der Waals surface area contributed by atoms with E-state index in [0.717, 1.165) is 36.8 Å². The quantitative estimate of drug-likeness (QED) is 0.609. The molecule has 0 radical (unpaired) electrons. The van der Waals surface area contributed by atoms with Gasteiger partial charge >= 0.3 is 12.2 Å². The number of rotatable bonds is 3. The number of carbonyl (C=O) groups excluding carboxylic acids is 2. The Morgan fingerprint density at radius 1 is 1.13 bits per heavy atom. The summed E-state index contributed by atoms with van der Waals surface area (Å²) < 4.78 is 38.1. The molecule has 0 unspecified atom stereocenters. The molecule has 2 aromatic rings. The molecule has 0 saturated heterocycles. The molecule has 30 heavy (non-hydrogen) atoms. The van der Waals surface area contributed by atoms with Crippen molar-refractivity contribution in [3.8, 4) is 0 Å². The molecule has 3 rings (SSSR count). The summed E-state index contributed by atoms with van der Waals surface area (Å²) in [6.07, 6.45) is 1.37. The lowest BCUT2D eigenvalue weighted by atomic mass is 9.83. The molecule has 0 aliphatic heterocycles. The van der Waals surface area contributed by atoms with Gasteiger partial charge in [0.05, 0.1) is 10.6 Å². The van der Waals surface area contributed by atoms with E-state index < -0.39 is 34.4 Å². The third-order valence-corrected chi connectivity index (χ3v) is 5.40. The minimum Gasteiger partial charge on any atom is -0.307 e. The van der Waals surface area contributed by atoms with Gasteiger partial charge in [-0.2, -0.15) is 13.2 Å². The van der Waals surface area contributed by atoms with Crippen LogP contribution in [0.5, 0.6) is 0 Å². The molecule has 0 atom stereocenters. The van der Waals surface area contributed by atoms with Crippen LogP contribution in [0.15, 0.2) is 30.5 Å². The van der Waals surface area contributed by atoms with Crippen molar-refractivity contribution in [3.63, 3.8) is 0 Å². The number of nitrogens with zero attached hydrogens (tertiary/aromatic N) is 1. The zero-order valence-corrected chi connectivity index (χ0v) is 17.0. The van der Waals surface area contributed by atoms with Gasteiger partial charge in [0.25, 0.3) is 5.91 Å². The van der Waals surface area contributed by atoms with Crippen LogP contribution in [0.25, 0.3) is 0 Å². The van der Waals surface area contributed by atoms with Crippen molar-refractivity contribution in [2.45, 2.75) is 51.1 Å². The molecular formula is C21H21ClF3N3O2. The molecule has 3 amide bonds. The van der Waals surface area contributed by atoms with Crippen molar-refractivity contribution in [1.29, 1.82) is 0 Å². The number of aryl methyl sites for hydroxylation is 1. The summed E-state index contributed by atoms with van der Waals surface area (Å²) >= 11 is 5.76. The van der Waals surface area contributed by atoms with Crippen molar-refractivity contribution < 1.29 is 22.8 Å². The lowest BCUT2D eigenvalue weighted by Gasteiger charge is -2.25. The number of imide groups is 1. The Hall–Kier alpha value is -2.61. The van der Waals surface area contributed by atoms with Crippen LogP contribution in [0.1, 0.15) is 65.2 Å². The third kappa shape index (κ3) is 5.30. The van der Waals surface area contributed by atoms with E-state index in [1.807, 2.05) is 19.1 Å². The Bertz CT molecular complexity index is 957. The van der Waals surface area contributed by atoms with Crippen molar-refractivity contribution in [3.05, 3.63) is 57.9 Å². The van der Waals surface area contributed by atoms with E-state index in [1.54, 1.807) is 6.07 Å². The van der Waals surface area contributed by atoms with Gasteiger partial charge in [-0.3, -0.25) is 10.1 Å². The molecule has 2 N–H and O–H groups in total. The molecule has 9 heteroatoms. The molecule has 5 nitrogen and oxygen atoms in total. The molecule has 1 aromatic heterocycles. The van der Waals surface area contributed by atoms with E-state index in [1.165, 1.54) is 6.42 Å². The highest BCUT2D eigenvalue weighted by molar-refractivity contribution is 6.34. The van der Waals surface area contributed by atoms with Gasteiger partial charge in [-0.05, 0) is 43.4 Å². The fraction of sp³-hybridized carbons (Fsp3) is 0.381. The first-order chi connectivity index (χ1) is 14.1. The van der Waals surface area contributed by atoms with Gasteiger partial charge in [0.2, 0.25) is 0 Å². The number of carbonyl (C=O) groups is 2. The van der Waals surface area contributed by atoms with E-state index in [-0.39, 0.29) is 0 Å². The van der Waals surface area contributed by atoms with Crippen LogP contribution < -0.4 is 10.6 Å².